The molecule has 0 aromatic rings. The van der Waals surface area contributed by atoms with E-state index in [1.54, 1.807) is 19.3 Å². The minimum atomic E-state index is -4.67. The molecule has 13 heteroatoms. The van der Waals surface area contributed by atoms with Gasteiger partial charge in [0.1, 0.15) is 11.4 Å². The van der Waals surface area contributed by atoms with Crippen LogP contribution in [-0.2, 0) is 29.1 Å². The summed E-state index contributed by atoms with van der Waals surface area (Å²) in [6.07, 6.45) is 13.0. The van der Waals surface area contributed by atoms with Crippen LogP contribution in [0, 0.1) is 17.3 Å². The molecule has 0 aromatic heterocycles. The first-order valence-electron chi connectivity index (χ1n) is 18.0. The van der Waals surface area contributed by atoms with Gasteiger partial charge in [0.05, 0.1) is 49.4 Å². The van der Waals surface area contributed by atoms with Crippen LogP contribution in [0.25, 0.3) is 0 Å². The number of hydrogen-bond acceptors (Lipinski definition) is 7. The number of nitrogens with zero attached hydrogens (tertiary/aromatic N) is 2. The van der Waals surface area contributed by atoms with Crippen LogP contribution in [0.15, 0.2) is 69.7 Å². The van der Waals surface area contributed by atoms with Crippen molar-refractivity contribution in [2.75, 3.05) is 26.0 Å². The van der Waals surface area contributed by atoms with Crippen LogP contribution in [-0.4, -0.2) is 85.9 Å². The van der Waals surface area contributed by atoms with Crippen LogP contribution >= 0.6 is 0 Å². The predicted octanol–water partition coefficient (Wildman–Crippen LogP) is 5.11. The van der Waals surface area contributed by atoms with E-state index < -0.39 is 45.7 Å². The Morgan fingerprint density at radius 1 is 1.10 bits per heavy atom. The number of likely N-dealkylation sites (tertiary alicyclic amines) is 1. The van der Waals surface area contributed by atoms with Gasteiger partial charge < -0.3 is 19.3 Å². The molecular formula is C37H42F3N3O6S. The van der Waals surface area contributed by atoms with Crippen molar-refractivity contribution in [1.82, 2.24) is 14.5 Å². The van der Waals surface area contributed by atoms with Crippen molar-refractivity contribution in [2.45, 2.75) is 101 Å². The van der Waals surface area contributed by atoms with Gasteiger partial charge in [0, 0.05) is 23.7 Å². The average Bonchev–Trinajstić information content (AvgIpc) is 3.55. The highest BCUT2D eigenvalue weighted by molar-refractivity contribution is 7.90. The van der Waals surface area contributed by atoms with Crippen molar-refractivity contribution in [3.8, 4) is 0 Å². The molecule has 9 aliphatic rings. The number of ether oxygens (including phenoxy) is 2. The van der Waals surface area contributed by atoms with E-state index in [1.807, 2.05) is 10.8 Å². The Labute approximate surface area is 290 Å². The van der Waals surface area contributed by atoms with Crippen molar-refractivity contribution in [3.05, 3.63) is 69.7 Å². The van der Waals surface area contributed by atoms with Gasteiger partial charge in [-0.1, -0.05) is 25.3 Å². The zero-order valence-corrected chi connectivity index (χ0v) is 28.9. The molecule has 1 spiro atoms. The summed E-state index contributed by atoms with van der Waals surface area (Å²) in [6.45, 7) is 1.02. The third-order valence-corrected chi connectivity index (χ3v) is 14.3. The SMILES string of the molecule is COC1=CCC2=C3C(C4CCCCC4)=C4C=CC(C(=O)NS(=O)(=O)CCC(F)(F)F)=CC4N3CC3(C(=O)N4C5CCCC56OCC46)CC3C2=C1. The van der Waals surface area contributed by atoms with Crippen LogP contribution in [0.4, 0.5) is 13.2 Å². The van der Waals surface area contributed by atoms with Gasteiger partial charge >= 0.3 is 6.18 Å². The Bertz CT molecular complexity index is 1870. The lowest BCUT2D eigenvalue weighted by molar-refractivity contribution is -0.306. The summed E-state index contributed by atoms with van der Waals surface area (Å²) in [4.78, 5) is 32.7. The first-order valence-corrected chi connectivity index (χ1v) is 19.7. The third kappa shape index (κ3) is 4.77. The van der Waals surface area contributed by atoms with Gasteiger partial charge in [-0.05, 0) is 97.5 Å². The Hall–Kier alpha value is -3.32. The zero-order valence-electron chi connectivity index (χ0n) is 28.1. The van der Waals surface area contributed by atoms with E-state index in [0.29, 0.717) is 31.9 Å². The third-order valence-electron chi connectivity index (χ3n) is 13.1. The lowest BCUT2D eigenvalue weighted by Crippen LogP contribution is -2.84. The maximum absolute atomic E-state index is 14.9. The standard InChI is InChI=1S/C37H42F3N3O6S/c1-48-23-10-12-24-26(17-23)27-18-35(27,34(45)43-29-8-5-13-36(29)30(43)19-49-36)20-42-28-16-22(33(44)41-50(46,47)15-14-37(38,39)40)9-11-25(28)31(32(24)42)21-6-3-2-4-7-21/h9-11,16-17,21,27-30H,2-8,12-15,18-20H2,1H3,(H,41,44). The highest BCUT2D eigenvalue weighted by Crippen LogP contribution is 2.67. The lowest BCUT2D eigenvalue weighted by atomic mass is 9.71. The molecule has 9 nitrogen and oxygen atoms in total. The summed E-state index contributed by atoms with van der Waals surface area (Å²) in [5.74, 6) is -0.927. The van der Waals surface area contributed by atoms with Gasteiger partial charge in [-0.25, -0.2) is 13.1 Å². The number of hydrogen-bond donors (Lipinski definition) is 1. The van der Waals surface area contributed by atoms with Crippen LogP contribution in [0.1, 0.15) is 70.6 Å². The summed E-state index contributed by atoms with van der Waals surface area (Å²) in [6, 6.07) is -0.211. The molecule has 6 atom stereocenters. The number of alkyl halides is 3. The summed E-state index contributed by atoms with van der Waals surface area (Å²) < 4.78 is 77.2. The number of nitrogens with one attached hydrogen (secondary N) is 1. The number of carbonyl (C=O) groups is 2. The second kappa shape index (κ2) is 11.1. The average molecular weight is 714 g/mol. The molecule has 2 amide bonds. The first-order chi connectivity index (χ1) is 23.9. The van der Waals surface area contributed by atoms with E-state index in [2.05, 4.69) is 22.0 Å². The number of amides is 2. The lowest BCUT2D eigenvalue weighted by Gasteiger charge is -2.67. The molecule has 6 unspecified atom stereocenters. The molecule has 268 valence electrons. The van der Waals surface area contributed by atoms with Crippen LogP contribution < -0.4 is 4.72 Å². The fourth-order valence-corrected chi connectivity index (χ4v) is 11.6. The Balaban J connectivity index is 1.11. The minimum Gasteiger partial charge on any atom is -0.497 e. The van der Waals surface area contributed by atoms with Gasteiger partial charge in [-0.3, -0.25) is 9.59 Å². The van der Waals surface area contributed by atoms with E-state index in [9.17, 15) is 31.2 Å². The minimum absolute atomic E-state index is 0.0139. The molecule has 9 rings (SSSR count). The van der Waals surface area contributed by atoms with Crippen LogP contribution in [0.5, 0.6) is 0 Å². The van der Waals surface area contributed by atoms with Crippen LogP contribution in [0.2, 0.25) is 0 Å². The topological polar surface area (TPSA) is 105 Å². The van der Waals surface area contributed by atoms with Gasteiger partial charge in [0.25, 0.3) is 5.91 Å². The largest absolute Gasteiger partial charge is 0.497 e. The number of halogens is 3. The number of methoxy groups -OCH3 is 1. The van der Waals surface area contributed by atoms with E-state index in [-0.39, 0.29) is 35.1 Å². The number of sulfonamides is 1. The number of morpholine rings is 1. The molecule has 4 aliphatic heterocycles. The fraction of sp³-hybridized carbons (Fsp3) is 0.622. The maximum Gasteiger partial charge on any atom is 0.390 e. The van der Waals surface area contributed by atoms with Crippen molar-refractivity contribution in [3.63, 3.8) is 0 Å². The first kappa shape index (κ1) is 32.6. The molecule has 2 saturated heterocycles. The van der Waals surface area contributed by atoms with Gasteiger partial charge in [0.15, 0.2) is 0 Å². The molecule has 0 radical (unpaired) electrons. The number of rotatable bonds is 7. The fourth-order valence-electron chi connectivity index (χ4n) is 10.6. The molecule has 0 bridgehead atoms. The normalized spacial score (nSPS) is 35.6. The van der Waals surface area contributed by atoms with Gasteiger partial charge in [-0.2, -0.15) is 13.2 Å². The molecule has 0 aromatic carbocycles. The van der Waals surface area contributed by atoms with E-state index in [1.165, 1.54) is 17.6 Å². The second-order valence-electron chi connectivity index (χ2n) is 15.6. The Morgan fingerprint density at radius 3 is 2.62 bits per heavy atom. The Morgan fingerprint density at radius 2 is 1.90 bits per heavy atom. The van der Waals surface area contributed by atoms with E-state index >= 15 is 0 Å². The number of carbonyl (C=O) groups excluding carboxylic acids is 2. The Kier molecular flexibility index (Phi) is 7.23. The van der Waals surface area contributed by atoms with Crippen molar-refractivity contribution < 1.29 is 40.7 Å². The van der Waals surface area contributed by atoms with E-state index in [0.717, 1.165) is 67.5 Å². The summed E-state index contributed by atoms with van der Waals surface area (Å²) >= 11 is 0. The highest BCUT2D eigenvalue weighted by atomic mass is 32.2. The number of fused-ring (bicyclic) bond motifs is 6. The summed E-state index contributed by atoms with van der Waals surface area (Å²) in [7, 11) is -2.86. The summed E-state index contributed by atoms with van der Waals surface area (Å²) in [5.41, 5.74) is 4.94. The summed E-state index contributed by atoms with van der Waals surface area (Å²) in [5, 5.41) is 0. The molecule has 5 aliphatic carbocycles. The molecule has 4 heterocycles. The molecule has 3 saturated carbocycles. The molecule has 1 N–H and O–H groups in total. The van der Waals surface area contributed by atoms with Crippen molar-refractivity contribution in [2.24, 2.45) is 17.3 Å². The van der Waals surface area contributed by atoms with Crippen molar-refractivity contribution >= 4 is 21.8 Å². The van der Waals surface area contributed by atoms with Crippen molar-refractivity contribution in [1.29, 1.82) is 0 Å². The maximum atomic E-state index is 14.9. The molecule has 50 heavy (non-hydrogen) atoms. The quantitative estimate of drug-likeness (QED) is 0.391. The van der Waals surface area contributed by atoms with Crippen LogP contribution in [0.3, 0.4) is 0 Å². The van der Waals surface area contributed by atoms with Gasteiger partial charge in [-0.15, -0.1) is 0 Å². The van der Waals surface area contributed by atoms with E-state index in [4.69, 9.17) is 9.47 Å². The molecule has 5 fully saturated rings. The molecular weight excluding hydrogens is 671 g/mol. The zero-order chi connectivity index (χ0) is 34.8. The predicted molar refractivity (Wildman–Crippen MR) is 176 cm³/mol. The number of allylic oxidation sites excluding steroid dienone is 5. The monoisotopic (exact) mass is 713 g/mol. The second-order valence-corrected chi connectivity index (χ2v) is 17.4. The highest BCUT2D eigenvalue weighted by Gasteiger charge is 2.75. The van der Waals surface area contributed by atoms with Gasteiger partial charge in [0.2, 0.25) is 15.9 Å². The smallest absolute Gasteiger partial charge is 0.390 e.